The zero-order valence-electron chi connectivity index (χ0n) is 12.4. The third kappa shape index (κ3) is 3.51. The van der Waals surface area contributed by atoms with Gasteiger partial charge in [-0.2, -0.15) is 15.0 Å². The fourth-order valence-electron chi connectivity index (χ4n) is 2.14. The maximum absolute atomic E-state index is 5.15. The minimum Gasteiger partial charge on any atom is -0.497 e. The van der Waals surface area contributed by atoms with Crippen LogP contribution in [0.1, 0.15) is 11.3 Å². The van der Waals surface area contributed by atoms with Gasteiger partial charge in [0.05, 0.1) is 24.7 Å². The minimum atomic E-state index is 0.679. The third-order valence-electron chi connectivity index (χ3n) is 3.32. The van der Waals surface area contributed by atoms with Gasteiger partial charge in [-0.3, -0.25) is 0 Å². The van der Waals surface area contributed by atoms with Gasteiger partial charge < -0.3 is 10.1 Å². The number of hydrogen-bond donors (Lipinski definition) is 1. The van der Waals surface area contributed by atoms with Crippen molar-refractivity contribution in [2.24, 2.45) is 0 Å². The minimum absolute atomic E-state index is 0.679. The molecular formula is C17H18N4O. The summed E-state index contributed by atoms with van der Waals surface area (Å²) in [4.78, 5) is 1.64. The van der Waals surface area contributed by atoms with E-state index in [1.807, 2.05) is 54.6 Å². The van der Waals surface area contributed by atoms with Crippen LogP contribution in [-0.2, 0) is 13.1 Å². The van der Waals surface area contributed by atoms with Gasteiger partial charge in [-0.25, -0.2) is 0 Å². The van der Waals surface area contributed by atoms with E-state index in [2.05, 4.69) is 15.5 Å². The second-order valence-corrected chi connectivity index (χ2v) is 4.91. The molecule has 112 valence electrons. The predicted octanol–water partition coefficient (Wildman–Crippen LogP) is 2.57. The normalized spacial score (nSPS) is 10.6. The van der Waals surface area contributed by atoms with Gasteiger partial charge >= 0.3 is 0 Å². The Bertz CT molecular complexity index is 707. The van der Waals surface area contributed by atoms with E-state index in [9.17, 15) is 0 Å². The molecule has 0 radical (unpaired) electrons. The molecule has 0 aliphatic heterocycles. The molecule has 5 nitrogen and oxygen atoms in total. The van der Waals surface area contributed by atoms with Gasteiger partial charge in [-0.15, -0.1) is 0 Å². The van der Waals surface area contributed by atoms with Crippen molar-refractivity contribution in [1.29, 1.82) is 0 Å². The van der Waals surface area contributed by atoms with Crippen LogP contribution >= 0.6 is 0 Å². The van der Waals surface area contributed by atoms with Crippen molar-refractivity contribution < 1.29 is 4.74 Å². The number of rotatable bonds is 6. The first-order valence-electron chi connectivity index (χ1n) is 7.15. The molecule has 3 aromatic rings. The molecule has 0 spiro atoms. The van der Waals surface area contributed by atoms with Gasteiger partial charge in [0.1, 0.15) is 5.75 Å². The van der Waals surface area contributed by atoms with Crippen LogP contribution < -0.4 is 10.1 Å². The number of hydrogen-bond acceptors (Lipinski definition) is 4. The van der Waals surface area contributed by atoms with E-state index < -0.39 is 0 Å². The number of benzene rings is 2. The summed E-state index contributed by atoms with van der Waals surface area (Å²) in [7, 11) is 1.67. The molecule has 1 N–H and O–H groups in total. The zero-order chi connectivity index (χ0) is 15.2. The highest BCUT2D eigenvalue weighted by Crippen LogP contribution is 2.11. The lowest BCUT2D eigenvalue weighted by molar-refractivity contribution is 0.414. The topological polar surface area (TPSA) is 52.0 Å². The van der Waals surface area contributed by atoms with Crippen LogP contribution in [0, 0.1) is 0 Å². The molecule has 0 saturated heterocycles. The maximum atomic E-state index is 5.15. The molecule has 0 amide bonds. The van der Waals surface area contributed by atoms with E-state index in [1.54, 1.807) is 18.1 Å². The number of aromatic nitrogens is 3. The summed E-state index contributed by atoms with van der Waals surface area (Å²) in [5, 5.41) is 12.1. The van der Waals surface area contributed by atoms with Crippen LogP contribution in [-0.4, -0.2) is 22.1 Å². The Hall–Kier alpha value is -2.66. The van der Waals surface area contributed by atoms with Crippen molar-refractivity contribution >= 4 is 0 Å². The highest BCUT2D eigenvalue weighted by molar-refractivity contribution is 5.28. The molecule has 0 bridgehead atoms. The average molecular weight is 294 g/mol. The number of nitrogens with one attached hydrogen (secondary N) is 1. The second kappa shape index (κ2) is 6.87. The van der Waals surface area contributed by atoms with Gasteiger partial charge in [-0.1, -0.05) is 30.3 Å². The van der Waals surface area contributed by atoms with Gasteiger partial charge in [0.15, 0.2) is 0 Å². The highest BCUT2D eigenvalue weighted by atomic mass is 16.5. The molecule has 5 heteroatoms. The standard InChI is InChI=1S/C17H18N4O/c1-22-17-9-7-14(8-10-17)11-18-12-15-13-19-21(20-15)16-5-3-2-4-6-16/h2-10,13,18H,11-12H2,1H3. The first-order chi connectivity index (χ1) is 10.8. The van der Waals surface area contributed by atoms with Crippen molar-refractivity contribution in [3.05, 3.63) is 72.1 Å². The molecule has 0 atom stereocenters. The molecule has 1 heterocycles. The number of methoxy groups -OCH3 is 1. The molecule has 0 aliphatic rings. The monoisotopic (exact) mass is 294 g/mol. The van der Waals surface area contributed by atoms with E-state index >= 15 is 0 Å². The Balaban J connectivity index is 1.54. The van der Waals surface area contributed by atoms with Crippen LogP contribution in [0.3, 0.4) is 0 Å². The molecule has 3 rings (SSSR count). The average Bonchev–Trinajstić information content (AvgIpc) is 3.05. The number of para-hydroxylation sites is 1. The molecular weight excluding hydrogens is 276 g/mol. The summed E-state index contributed by atoms with van der Waals surface area (Å²) in [6.07, 6.45) is 1.79. The van der Waals surface area contributed by atoms with E-state index in [0.29, 0.717) is 6.54 Å². The van der Waals surface area contributed by atoms with Crippen LogP contribution in [0.25, 0.3) is 5.69 Å². The van der Waals surface area contributed by atoms with E-state index in [1.165, 1.54) is 5.56 Å². The van der Waals surface area contributed by atoms with Gasteiger partial charge in [0.2, 0.25) is 0 Å². The molecule has 2 aromatic carbocycles. The summed E-state index contributed by atoms with van der Waals surface area (Å²) in [5.41, 5.74) is 3.08. The molecule has 0 aliphatic carbocycles. The predicted molar refractivity (Wildman–Crippen MR) is 84.9 cm³/mol. The van der Waals surface area contributed by atoms with Gasteiger partial charge in [0, 0.05) is 13.1 Å². The Kier molecular flexibility index (Phi) is 4.46. The number of ether oxygens (including phenoxy) is 1. The van der Waals surface area contributed by atoms with Crippen molar-refractivity contribution in [1.82, 2.24) is 20.3 Å². The molecule has 0 saturated carbocycles. The quantitative estimate of drug-likeness (QED) is 0.759. The highest BCUT2D eigenvalue weighted by Gasteiger charge is 2.02. The zero-order valence-corrected chi connectivity index (χ0v) is 12.4. The van der Waals surface area contributed by atoms with Gasteiger partial charge in [0.25, 0.3) is 0 Å². The van der Waals surface area contributed by atoms with Crippen molar-refractivity contribution in [2.75, 3.05) is 7.11 Å². The molecule has 22 heavy (non-hydrogen) atoms. The number of nitrogens with zero attached hydrogens (tertiary/aromatic N) is 3. The lowest BCUT2D eigenvalue weighted by Gasteiger charge is -2.04. The SMILES string of the molecule is COc1ccc(CNCc2cnn(-c3ccccc3)n2)cc1. The lowest BCUT2D eigenvalue weighted by atomic mass is 10.2. The smallest absolute Gasteiger partial charge is 0.118 e. The summed E-state index contributed by atoms with van der Waals surface area (Å²) in [6, 6.07) is 17.9. The Morgan fingerprint density at radius 1 is 1.00 bits per heavy atom. The molecule has 0 fully saturated rings. The first kappa shape index (κ1) is 14.3. The lowest BCUT2D eigenvalue weighted by Crippen LogP contribution is -2.13. The maximum Gasteiger partial charge on any atom is 0.118 e. The Labute approximate surface area is 129 Å². The van der Waals surface area contributed by atoms with Crippen LogP contribution in [0.15, 0.2) is 60.8 Å². The van der Waals surface area contributed by atoms with E-state index in [0.717, 1.165) is 23.7 Å². The van der Waals surface area contributed by atoms with E-state index in [4.69, 9.17) is 4.74 Å². The van der Waals surface area contributed by atoms with Crippen molar-refractivity contribution in [3.8, 4) is 11.4 Å². The van der Waals surface area contributed by atoms with Crippen LogP contribution in [0.2, 0.25) is 0 Å². The summed E-state index contributed by atoms with van der Waals surface area (Å²) >= 11 is 0. The summed E-state index contributed by atoms with van der Waals surface area (Å²) < 4.78 is 5.15. The van der Waals surface area contributed by atoms with Crippen LogP contribution in [0.5, 0.6) is 5.75 Å². The Morgan fingerprint density at radius 3 is 2.50 bits per heavy atom. The first-order valence-corrected chi connectivity index (χ1v) is 7.15. The third-order valence-corrected chi connectivity index (χ3v) is 3.32. The second-order valence-electron chi connectivity index (χ2n) is 4.91. The van der Waals surface area contributed by atoms with E-state index in [-0.39, 0.29) is 0 Å². The molecule has 0 unspecified atom stereocenters. The summed E-state index contributed by atoms with van der Waals surface area (Å²) in [5.74, 6) is 0.870. The molecule has 1 aromatic heterocycles. The largest absolute Gasteiger partial charge is 0.497 e. The summed E-state index contributed by atoms with van der Waals surface area (Å²) in [6.45, 7) is 1.46. The fraction of sp³-hybridized carbons (Fsp3) is 0.176. The fourth-order valence-corrected chi connectivity index (χ4v) is 2.14. The Morgan fingerprint density at radius 2 is 1.77 bits per heavy atom. The van der Waals surface area contributed by atoms with Gasteiger partial charge in [-0.05, 0) is 29.8 Å². The van der Waals surface area contributed by atoms with Crippen LogP contribution in [0.4, 0.5) is 0 Å². The van der Waals surface area contributed by atoms with Crippen molar-refractivity contribution in [2.45, 2.75) is 13.1 Å². The van der Waals surface area contributed by atoms with Crippen molar-refractivity contribution in [3.63, 3.8) is 0 Å².